The van der Waals surface area contributed by atoms with Crippen LogP contribution in [0.1, 0.15) is 20.3 Å². The zero-order valence-electron chi connectivity index (χ0n) is 10.6. The number of anilines is 2. The van der Waals surface area contributed by atoms with E-state index in [0.717, 1.165) is 6.42 Å². The molecule has 6 nitrogen and oxygen atoms in total. The molecule has 0 spiro atoms. The molecule has 1 rings (SSSR count). The topological polar surface area (TPSA) is 87.4 Å². The number of nitrogens with zero attached hydrogens (tertiary/aromatic N) is 1. The SMILES string of the molecule is CCNc1cc(NC(CC)CO)cc([N+](=O)[O-])c1. The van der Waals surface area contributed by atoms with Crippen LogP contribution in [-0.2, 0) is 0 Å². The zero-order chi connectivity index (χ0) is 13.5. The minimum atomic E-state index is -0.425. The Morgan fingerprint density at radius 3 is 2.50 bits per heavy atom. The summed E-state index contributed by atoms with van der Waals surface area (Å²) < 4.78 is 0. The predicted molar refractivity (Wildman–Crippen MR) is 72.0 cm³/mol. The quantitative estimate of drug-likeness (QED) is 0.512. The van der Waals surface area contributed by atoms with E-state index >= 15 is 0 Å². The number of nitro benzene ring substituents is 1. The fourth-order valence-electron chi connectivity index (χ4n) is 1.62. The molecule has 0 fully saturated rings. The number of benzene rings is 1. The van der Waals surface area contributed by atoms with Crippen LogP contribution in [0.2, 0.25) is 0 Å². The van der Waals surface area contributed by atoms with Crippen LogP contribution in [0.3, 0.4) is 0 Å². The summed E-state index contributed by atoms with van der Waals surface area (Å²) in [4.78, 5) is 10.4. The third-order valence-electron chi connectivity index (χ3n) is 2.59. The monoisotopic (exact) mass is 253 g/mol. The molecule has 3 N–H and O–H groups in total. The van der Waals surface area contributed by atoms with Crippen molar-refractivity contribution in [2.75, 3.05) is 23.8 Å². The molecule has 0 aliphatic carbocycles. The molecule has 0 heterocycles. The van der Waals surface area contributed by atoms with Crippen LogP contribution in [0.15, 0.2) is 18.2 Å². The number of aliphatic hydroxyl groups is 1. The summed E-state index contributed by atoms with van der Waals surface area (Å²) in [5.41, 5.74) is 1.37. The summed E-state index contributed by atoms with van der Waals surface area (Å²) in [6.45, 7) is 4.55. The molecule has 0 bridgehead atoms. The Bertz CT molecular complexity index is 406. The maximum absolute atomic E-state index is 10.8. The molecule has 1 unspecified atom stereocenters. The first-order valence-corrected chi connectivity index (χ1v) is 6.01. The third kappa shape index (κ3) is 3.89. The lowest BCUT2D eigenvalue weighted by atomic mass is 10.2. The molecule has 1 aromatic carbocycles. The van der Waals surface area contributed by atoms with E-state index in [1.807, 2.05) is 13.8 Å². The van der Waals surface area contributed by atoms with Gasteiger partial charge in [-0.05, 0) is 19.4 Å². The lowest BCUT2D eigenvalue weighted by Gasteiger charge is -2.16. The van der Waals surface area contributed by atoms with Gasteiger partial charge in [0, 0.05) is 36.1 Å². The Morgan fingerprint density at radius 2 is 2.00 bits per heavy atom. The Labute approximate surface area is 106 Å². The molecule has 0 aliphatic rings. The van der Waals surface area contributed by atoms with E-state index in [-0.39, 0.29) is 18.3 Å². The second kappa shape index (κ2) is 6.80. The van der Waals surface area contributed by atoms with E-state index in [0.29, 0.717) is 17.9 Å². The first-order chi connectivity index (χ1) is 8.60. The van der Waals surface area contributed by atoms with Crippen LogP contribution in [0.5, 0.6) is 0 Å². The van der Waals surface area contributed by atoms with E-state index in [1.54, 1.807) is 6.07 Å². The van der Waals surface area contributed by atoms with Crippen LogP contribution < -0.4 is 10.6 Å². The number of nitrogens with one attached hydrogen (secondary N) is 2. The molecule has 6 heteroatoms. The molecular weight excluding hydrogens is 234 g/mol. The minimum absolute atomic E-state index is 0.00423. The van der Waals surface area contributed by atoms with E-state index in [4.69, 9.17) is 5.11 Å². The summed E-state index contributed by atoms with van der Waals surface area (Å²) in [5, 5.41) is 26.1. The van der Waals surface area contributed by atoms with Gasteiger partial charge in [0.1, 0.15) is 0 Å². The number of rotatable bonds is 7. The number of hydrogen-bond acceptors (Lipinski definition) is 5. The van der Waals surface area contributed by atoms with Gasteiger partial charge in [0.05, 0.1) is 11.5 Å². The fourth-order valence-corrected chi connectivity index (χ4v) is 1.62. The van der Waals surface area contributed by atoms with Crippen LogP contribution >= 0.6 is 0 Å². The van der Waals surface area contributed by atoms with Crippen molar-refractivity contribution in [3.63, 3.8) is 0 Å². The summed E-state index contributed by atoms with van der Waals surface area (Å²) in [6.07, 6.45) is 0.746. The van der Waals surface area contributed by atoms with Crippen molar-refractivity contribution in [1.82, 2.24) is 0 Å². The second-order valence-electron chi connectivity index (χ2n) is 3.99. The predicted octanol–water partition coefficient (Wildman–Crippen LogP) is 2.21. The highest BCUT2D eigenvalue weighted by Gasteiger charge is 2.11. The summed E-state index contributed by atoms with van der Waals surface area (Å²) >= 11 is 0. The maximum atomic E-state index is 10.8. The van der Waals surface area contributed by atoms with Crippen molar-refractivity contribution < 1.29 is 10.0 Å². The van der Waals surface area contributed by atoms with Gasteiger partial charge < -0.3 is 15.7 Å². The minimum Gasteiger partial charge on any atom is -0.394 e. The highest BCUT2D eigenvalue weighted by atomic mass is 16.6. The first-order valence-electron chi connectivity index (χ1n) is 6.01. The maximum Gasteiger partial charge on any atom is 0.273 e. The molecule has 0 aliphatic heterocycles. The molecule has 1 atom stereocenters. The lowest BCUT2D eigenvalue weighted by Crippen LogP contribution is -2.22. The van der Waals surface area contributed by atoms with Gasteiger partial charge in [0.25, 0.3) is 5.69 Å². The molecular formula is C12H19N3O3. The highest BCUT2D eigenvalue weighted by molar-refractivity contribution is 5.63. The summed E-state index contributed by atoms with van der Waals surface area (Å²) in [6, 6.07) is 4.67. The second-order valence-corrected chi connectivity index (χ2v) is 3.99. The van der Waals surface area contributed by atoms with Crippen LogP contribution in [0, 0.1) is 10.1 Å². The van der Waals surface area contributed by atoms with E-state index in [1.165, 1.54) is 12.1 Å². The molecule has 0 radical (unpaired) electrons. The van der Waals surface area contributed by atoms with Gasteiger partial charge in [0.2, 0.25) is 0 Å². The molecule has 0 amide bonds. The summed E-state index contributed by atoms with van der Waals surface area (Å²) in [5.74, 6) is 0. The van der Waals surface area contributed by atoms with Gasteiger partial charge in [0.15, 0.2) is 0 Å². The van der Waals surface area contributed by atoms with Crippen molar-refractivity contribution in [2.24, 2.45) is 0 Å². The number of non-ortho nitro benzene ring substituents is 1. The molecule has 0 aromatic heterocycles. The normalized spacial score (nSPS) is 11.9. The fraction of sp³-hybridized carbons (Fsp3) is 0.500. The average Bonchev–Trinajstić information content (AvgIpc) is 2.36. The first kappa shape index (κ1) is 14.2. The van der Waals surface area contributed by atoms with Crippen molar-refractivity contribution in [1.29, 1.82) is 0 Å². The van der Waals surface area contributed by atoms with Crippen LogP contribution in [0.4, 0.5) is 17.1 Å². The molecule has 0 saturated carbocycles. The van der Waals surface area contributed by atoms with Gasteiger partial charge >= 0.3 is 0 Å². The Morgan fingerprint density at radius 1 is 1.33 bits per heavy atom. The summed E-state index contributed by atoms with van der Waals surface area (Å²) in [7, 11) is 0. The van der Waals surface area contributed by atoms with E-state index in [9.17, 15) is 10.1 Å². The van der Waals surface area contributed by atoms with Crippen molar-refractivity contribution in [3.8, 4) is 0 Å². The highest BCUT2D eigenvalue weighted by Crippen LogP contribution is 2.25. The van der Waals surface area contributed by atoms with Gasteiger partial charge in [-0.3, -0.25) is 10.1 Å². The number of nitro groups is 1. The smallest absolute Gasteiger partial charge is 0.273 e. The van der Waals surface area contributed by atoms with Crippen molar-refractivity contribution in [2.45, 2.75) is 26.3 Å². The molecule has 18 heavy (non-hydrogen) atoms. The molecule has 1 aromatic rings. The van der Waals surface area contributed by atoms with Gasteiger partial charge in [-0.2, -0.15) is 0 Å². The Balaban J connectivity index is 2.98. The average molecular weight is 253 g/mol. The zero-order valence-corrected chi connectivity index (χ0v) is 10.6. The Hall–Kier alpha value is -1.82. The van der Waals surface area contributed by atoms with Crippen LogP contribution in [-0.4, -0.2) is 29.2 Å². The van der Waals surface area contributed by atoms with Gasteiger partial charge in [-0.25, -0.2) is 0 Å². The van der Waals surface area contributed by atoms with E-state index in [2.05, 4.69) is 10.6 Å². The number of aliphatic hydroxyl groups excluding tert-OH is 1. The van der Waals surface area contributed by atoms with Gasteiger partial charge in [-0.15, -0.1) is 0 Å². The molecule has 0 saturated heterocycles. The lowest BCUT2D eigenvalue weighted by molar-refractivity contribution is -0.384. The Kier molecular flexibility index (Phi) is 5.38. The van der Waals surface area contributed by atoms with E-state index < -0.39 is 4.92 Å². The number of hydrogen-bond donors (Lipinski definition) is 3. The molecule has 100 valence electrons. The van der Waals surface area contributed by atoms with Crippen LogP contribution in [0.25, 0.3) is 0 Å². The third-order valence-corrected chi connectivity index (χ3v) is 2.59. The largest absolute Gasteiger partial charge is 0.394 e. The van der Waals surface area contributed by atoms with Gasteiger partial charge in [-0.1, -0.05) is 6.92 Å². The van der Waals surface area contributed by atoms with Crippen molar-refractivity contribution in [3.05, 3.63) is 28.3 Å². The van der Waals surface area contributed by atoms with Crippen molar-refractivity contribution >= 4 is 17.1 Å². The standard InChI is InChI=1S/C12H19N3O3/c1-3-9(8-16)14-11-5-10(13-4-2)6-12(7-11)15(17)18/h5-7,9,13-14,16H,3-4,8H2,1-2H3.